The zero-order valence-electron chi connectivity index (χ0n) is 11.4. The van der Waals surface area contributed by atoms with Crippen LogP contribution in [0.25, 0.3) is 11.0 Å². The van der Waals surface area contributed by atoms with Crippen LogP contribution in [-0.2, 0) is 0 Å². The molecule has 0 spiro atoms. The summed E-state index contributed by atoms with van der Waals surface area (Å²) >= 11 is 1.75. The van der Waals surface area contributed by atoms with E-state index < -0.39 is 0 Å². The summed E-state index contributed by atoms with van der Waals surface area (Å²) in [5, 5.41) is 4.52. The smallest absolute Gasteiger partial charge is 0.336 e. The second kappa shape index (κ2) is 4.67. The second-order valence-corrected chi connectivity index (χ2v) is 6.31. The minimum absolute atomic E-state index is 0.0651. The van der Waals surface area contributed by atoms with E-state index in [4.69, 9.17) is 4.42 Å². The SMILES string of the molecule is Cc1cc(C2Nc3ccccc3S2)c2oc(=O)ccc2c1. The number of fused-ring (bicyclic) bond motifs is 2. The lowest BCUT2D eigenvalue weighted by Gasteiger charge is -2.13. The van der Waals surface area contributed by atoms with E-state index in [1.165, 1.54) is 11.0 Å². The first-order valence-corrected chi connectivity index (χ1v) is 7.65. The molecule has 1 aromatic heterocycles. The number of para-hydroxylation sites is 1. The van der Waals surface area contributed by atoms with Crippen molar-refractivity contribution in [3.8, 4) is 0 Å². The summed E-state index contributed by atoms with van der Waals surface area (Å²) < 4.78 is 5.45. The highest BCUT2D eigenvalue weighted by Crippen LogP contribution is 2.47. The number of benzene rings is 2. The van der Waals surface area contributed by atoms with E-state index in [-0.39, 0.29) is 11.0 Å². The van der Waals surface area contributed by atoms with Crippen molar-refractivity contribution in [1.29, 1.82) is 0 Å². The Morgan fingerprint density at radius 2 is 2.00 bits per heavy atom. The molecule has 3 nitrogen and oxygen atoms in total. The Morgan fingerprint density at radius 3 is 2.86 bits per heavy atom. The van der Waals surface area contributed by atoms with E-state index in [2.05, 4.69) is 30.4 Å². The van der Waals surface area contributed by atoms with Gasteiger partial charge in [-0.2, -0.15) is 0 Å². The number of hydrogen-bond donors (Lipinski definition) is 1. The molecule has 21 heavy (non-hydrogen) atoms. The van der Waals surface area contributed by atoms with Crippen LogP contribution in [0.4, 0.5) is 5.69 Å². The Kier molecular flexibility index (Phi) is 2.79. The summed E-state index contributed by atoms with van der Waals surface area (Å²) in [6.07, 6.45) is 0. The molecule has 0 saturated heterocycles. The predicted octanol–water partition coefficient (Wildman–Crippen LogP) is 4.32. The number of hydrogen-bond acceptors (Lipinski definition) is 4. The maximum Gasteiger partial charge on any atom is 0.336 e. The largest absolute Gasteiger partial charge is 0.422 e. The molecule has 2 heterocycles. The van der Waals surface area contributed by atoms with Crippen molar-refractivity contribution in [2.75, 3.05) is 5.32 Å². The van der Waals surface area contributed by atoms with Crippen LogP contribution in [0, 0.1) is 6.92 Å². The fourth-order valence-electron chi connectivity index (χ4n) is 2.69. The molecular formula is C17H13NO2S. The van der Waals surface area contributed by atoms with Gasteiger partial charge in [0.05, 0.1) is 0 Å². The van der Waals surface area contributed by atoms with Crippen LogP contribution >= 0.6 is 11.8 Å². The fourth-order valence-corrected chi connectivity index (χ4v) is 3.84. The molecule has 0 radical (unpaired) electrons. The van der Waals surface area contributed by atoms with Gasteiger partial charge in [-0.25, -0.2) is 4.79 Å². The summed E-state index contributed by atoms with van der Waals surface area (Å²) in [7, 11) is 0. The van der Waals surface area contributed by atoms with Crippen LogP contribution in [0.15, 0.2) is 62.6 Å². The van der Waals surface area contributed by atoms with E-state index in [9.17, 15) is 4.79 Å². The molecule has 1 aliphatic rings. The normalized spacial score (nSPS) is 16.7. The third-order valence-corrected chi connectivity index (χ3v) is 4.81. The molecule has 0 fully saturated rings. The van der Waals surface area contributed by atoms with Crippen molar-refractivity contribution < 1.29 is 4.42 Å². The topological polar surface area (TPSA) is 42.2 Å². The van der Waals surface area contributed by atoms with Crippen molar-refractivity contribution >= 4 is 28.4 Å². The molecule has 0 bridgehead atoms. The minimum atomic E-state index is -0.312. The predicted molar refractivity (Wildman–Crippen MR) is 85.9 cm³/mol. The lowest BCUT2D eigenvalue weighted by molar-refractivity contribution is 0.557. The van der Waals surface area contributed by atoms with Crippen LogP contribution < -0.4 is 10.9 Å². The molecule has 1 unspecified atom stereocenters. The Labute approximate surface area is 126 Å². The quantitative estimate of drug-likeness (QED) is 0.679. The van der Waals surface area contributed by atoms with Gasteiger partial charge in [0, 0.05) is 27.6 Å². The van der Waals surface area contributed by atoms with Gasteiger partial charge in [-0.1, -0.05) is 23.9 Å². The average molecular weight is 295 g/mol. The van der Waals surface area contributed by atoms with Crippen molar-refractivity contribution in [1.82, 2.24) is 0 Å². The van der Waals surface area contributed by atoms with E-state index in [1.807, 2.05) is 24.3 Å². The lowest BCUT2D eigenvalue weighted by Crippen LogP contribution is -2.04. The second-order valence-electron chi connectivity index (χ2n) is 5.17. The zero-order valence-corrected chi connectivity index (χ0v) is 12.2. The Morgan fingerprint density at radius 1 is 1.14 bits per heavy atom. The van der Waals surface area contributed by atoms with Gasteiger partial charge in [-0.15, -0.1) is 0 Å². The average Bonchev–Trinajstić information content (AvgIpc) is 2.90. The molecule has 0 amide bonds. The van der Waals surface area contributed by atoms with Crippen LogP contribution in [0.1, 0.15) is 16.5 Å². The van der Waals surface area contributed by atoms with Crippen LogP contribution in [0.2, 0.25) is 0 Å². The molecule has 1 aliphatic heterocycles. The highest BCUT2D eigenvalue weighted by molar-refractivity contribution is 8.00. The molecule has 1 N–H and O–H groups in total. The molecule has 0 aliphatic carbocycles. The minimum Gasteiger partial charge on any atom is -0.422 e. The monoisotopic (exact) mass is 295 g/mol. The van der Waals surface area contributed by atoms with E-state index in [0.29, 0.717) is 5.58 Å². The molecule has 104 valence electrons. The number of thioether (sulfide) groups is 1. The van der Waals surface area contributed by atoms with Gasteiger partial charge in [-0.3, -0.25) is 0 Å². The van der Waals surface area contributed by atoms with Crippen molar-refractivity contribution in [3.63, 3.8) is 0 Å². The van der Waals surface area contributed by atoms with Crippen LogP contribution in [0.3, 0.4) is 0 Å². The summed E-state index contributed by atoms with van der Waals surface area (Å²) in [5.74, 6) is 0. The summed E-state index contributed by atoms with van der Waals surface area (Å²) in [6.45, 7) is 2.06. The standard InChI is InChI=1S/C17H13NO2S/c1-10-8-11-6-7-15(19)20-16(11)12(9-10)17-18-13-4-2-3-5-14(13)21-17/h2-9,17-18H,1H3. The zero-order chi connectivity index (χ0) is 14.4. The molecule has 3 aromatic rings. The van der Waals surface area contributed by atoms with E-state index >= 15 is 0 Å². The first-order chi connectivity index (χ1) is 10.2. The van der Waals surface area contributed by atoms with Crippen molar-refractivity contribution in [2.24, 2.45) is 0 Å². The lowest BCUT2D eigenvalue weighted by atomic mass is 10.1. The number of aryl methyl sites for hydroxylation is 1. The van der Waals surface area contributed by atoms with E-state index in [1.54, 1.807) is 11.8 Å². The summed E-state index contributed by atoms with van der Waals surface area (Å²) in [4.78, 5) is 12.8. The fraction of sp³-hybridized carbons (Fsp3) is 0.118. The third kappa shape index (κ3) is 2.12. The van der Waals surface area contributed by atoms with Crippen LogP contribution in [0.5, 0.6) is 0 Å². The molecule has 4 rings (SSSR count). The van der Waals surface area contributed by atoms with Crippen molar-refractivity contribution in [3.05, 3.63) is 70.1 Å². The summed E-state index contributed by atoms with van der Waals surface area (Å²) in [5.41, 5.74) is 3.66. The Hall–Kier alpha value is -2.20. The molecule has 4 heteroatoms. The van der Waals surface area contributed by atoms with Gasteiger partial charge in [0.2, 0.25) is 0 Å². The van der Waals surface area contributed by atoms with Crippen molar-refractivity contribution in [2.45, 2.75) is 17.2 Å². The number of rotatable bonds is 1. The third-order valence-electron chi connectivity index (χ3n) is 3.59. The Bertz CT molecular complexity index is 876. The first kappa shape index (κ1) is 12.5. The number of nitrogens with one attached hydrogen (secondary N) is 1. The number of anilines is 1. The van der Waals surface area contributed by atoms with Gasteiger partial charge in [0.25, 0.3) is 0 Å². The molecule has 0 saturated carbocycles. The van der Waals surface area contributed by atoms with Gasteiger partial charge in [-0.05, 0) is 42.8 Å². The van der Waals surface area contributed by atoms with Gasteiger partial charge in [0.1, 0.15) is 11.0 Å². The highest BCUT2D eigenvalue weighted by atomic mass is 32.2. The molecule has 1 atom stereocenters. The van der Waals surface area contributed by atoms with E-state index in [0.717, 1.165) is 22.2 Å². The first-order valence-electron chi connectivity index (χ1n) is 6.77. The molecule has 2 aromatic carbocycles. The van der Waals surface area contributed by atoms with Gasteiger partial charge in [0.15, 0.2) is 0 Å². The highest BCUT2D eigenvalue weighted by Gasteiger charge is 2.25. The maximum atomic E-state index is 11.6. The molecular weight excluding hydrogens is 282 g/mol. The summed E-state index contributed by atoms with van der Waals surface area (Å²) in [6, 6.07) is 15.6. The van der Waals surface area contributed by atoms with Gasteiger partial charge >= 0.3 is 5.63 Å². The maximum absolute atomic E-state index is 11.6. The Balaban J connectivity index is 1.88. The van der Waals surface area contributed by atoms with Gasteiger partial charge < -0.3 is 9.73 Å². The van der Waals surface area contributed by atoms with Crippen LogP contribution in [-0.4, -0.2) is 0 Å².